The normalized spacial score (nSPS) is 18.6. The van der Waals surface area contributed by atoms with Gasteiger partial charge in [-0.2, -0.15) is 15.0 Å². The Kier molecular flexibility index (Phi) is 5.98. The van der Waals surface area contributed by atoms with E-state index in [4.69, 9.17) is 9.47 Å². The van der Waals surface area contributed by atoms with Gasteiger partial charge in [-0.15, -0.1) is 0 Å². The van der Waals surface area contributed by atoms with Gasteiger partial charge < -0.3 is 19.7 Å². The Morgan fingerprint density at radius 2 is 2.14 bits per heavy atom. The number of aromatic nitrogens is 3. The summed E-state index contributed by atoms with van der Waals surface area (Å²) in [5.41, 5.74) is 0. The van der Waals surface area contributed by atoms with Crippen LogP contribution in [0.3, 0.4) is 0 Å². The van der Waals surface area contributed by atoms with Crippen molar-refractivity contribution in [2.75, 3.05) is 43.1 Å². The van der Waals surface area contributed by atoms with Crippen molar-refractivity contribution < 1.29 is 9.47 Å². The monoisotopic (exact) mass is 295 g/mol. The van der Waals surface area contributed by atoms with E-state index in [1.165, 1.54) is 0 Å². The molecule has 1 aliphatic heterocycles. The highest BCUT2D eigenvalue weighted by Crippen LogP contribution is 2.18. The molecule has 7 heteroatoms. The van der Waals surface area contributed by atoms with Gasteiger partial charge in [-0.1, -0.05) is 13.8 Å². The Morgan fingerprint density at radius 1 is 1.29 bits per heavy atom. The summed E-state index contributed by atoms with van der Waals surface area (Å²) < 4.78 is 11.1. The quantitative estimate of drug-likeness (QED) is 0.821. The second-order valence-corrected chi connectivity index (χ2v) is 5.14. The van der Waals surface area contributed by atoms with Crippen LogP contribution in [-0.2, 0) is 4.74 Å². The lowest BCUT2D eigenvalue weighted by Crippen LogP contribution is -2.42. The highest BCUT2D eigenvalue weighted by atomic mass is 16.5. The van der Waals surface area contributed by atoms with E-state index in [-0.39, 0.29) is 6.10 Å². The van der Waals surface area contributed by atoms with E-state index in [1.54, 1.807) is 0 Å². The van der Waals surface area contributed by atoms with Crippen molar-refractivity contribution >= 4 is 11.9 Å². The van der Waals surface area contributed by atoms with Crippen LogP contribution in [0.5, 0.6) is 6.01 Å². The Labute approximate surface area is 126 Å². The standard InChI is InChI=1S/C14H25N5O2/c1-4-6-15-12-16-13(18-14(17-12)21-8-5-2)19-7-9-20-11(3)10-19/h11H,4-10H2,1-3H3,(H,15,16,17,18). The van der Waals surface area contributed by atoms with Crippen LogP contribution in [0.15, 0.2) is 0 Å². The van der Waals surface area contributed by atoms with Gasteiger partial charge in [0, 0.05) is 19.6 Å². The number of nitrogens with zero attached hydrogens (tertiary/aromatic N) is 4. The van der Waals surface area contributed by atoms with Crippen LogP contribution in [-0.4, -0.2) is 53.9 Å². The molecule has 1 fully saturated rings. The molecule has 0 saturated carbocycles. The van der Waals surface area contributed by atoms with Crippen LogP contribution in [0.25, 0.3) is 0 Å². The average molecular weight is 295 g/mol. The van der Waals surface area contributed by atoms with Gasteiger partial charge in [0.2, 0.25) is 11.9 Å². The maximum atomic E-state index is 5.57. The van der Waals surface area contributed by atoms with E-state index < -0.39 is 0 Å². The highest BCUT2D eigenvalue weighted by molar-refractivity contribution is 5.38. The molecule has 0 spiro atoms. The molecule has 2 rings (SSSR count). The Morgan fingerprint density at radius 3 is 2.86 bits per heavy atom. The molecule has 21 heavy (non-hydrogen) atoms. The maximum Gasteiger partial charge on any atom is 0.323 e. The van der Waals surface area contributed by atoms with Crippen molar-refractivity contribution in [2.24, 2.45) is 0 Å². The van der Waals surface area contributed by atoms with Crippen molar-refractivity contribution in [2.45, 2.75) is 39.7 Å². The molecular formula is C14H25N5O2. The molecule has 0 bridgehead atoms. The summed E-state index contributed by atoms with van der Waals surface area (Å²) in [6, 6.07) is 0.389. The fraction of sp³-hybridized carbons (Fsp3) is 0.786. The second-order valence-electron chi connectivity index (χ2n) is 5.14. The van der Waals surface area contributed by atoms with Crippen molar-refractivity contribution in [1.82, 2.24) is 15.0 Å². The summed E-state index contributed by atoms with van der Waals surface area (Å²) in [6.45, 7) is 9.91. The molecule has 118 valence electrons. The summed E-state index contributed by atoms with van der Waals surface area (Å²) in [7, 11) is 0. The number of nitrogens with one attached hydrogen (secondary N) is 1. The van der Waals surface area contributed by atoms with Crippen molar-refractivity contribution in [3.05, 3.63) is 0 Å². The summed E-state index contributed by atoms with van der Waals surface area (Å²) in [6.07, 6.45) is 2.12. The third-order valence-electron chi connectivity index (χ3n) is 3.10. The van der Waals surface area contributed by atoms with Gasteiger partial charge in [0.15, 0.2) is 0 Å². The second kappa shape index (κ2) is 7.97. The molecule has 0 aromatic carbocycles. The highest BCUT2D eigenvalue weighted by Gasteiger charge is 2.20. The maximum absolute atomic E-state index is 5.57. The van der Waals surface area contributed by atoms with E-state index in [1.807, 2.05) is 0 Å². The lowest BCUT2D eigenvalue weighted by Gasteiger charge is -2.31. The predicted molar refractivity (Wildman–Crippen MR) is 82.0 cm³/mol. The Hall–Kier alpha value is -1.63. The number of morpholine rings is 1. The molecule has 0 aliphatic carbocycles. The predicted octanol–water partition coefficient (Wildman–Crippen LogP) is 1.71. The zero-order valence-corrected chi connectivity index (χ0v) is 13.1. The van der Waals surface area contributed by atoms with Gasteiger partial charge in [0.1, 0.15) is 0 Å². The molecule has 1 N–H and O–H groups in total. The topological polar surface area (TPSA) is 72.4 Å². The number of anilines is 2. The first-order valence-electron chi connectivity index (χ1n) is 7.72. The molecule has 0 radical (unpaired) electrons. The van der Waals surface area contributed by atoms with E-state index in [0.717, 1.165) is 32.5 Å². The minimum atomic E-state index is 0.183. The van der Waals surface area contributed by atoms with Gasteiger partial charge in [-0.25, -0.2) is 0 Å². The molecule has 1 saturated heterocycles. The molecule has 2 heterocycles. The van der Waals surface area contributed by atoms with Crippen molar-refractivity contribution in [1.29, 1.82) is 0 Å². The fourth-order valence-corrected chi connectivity index (χ4v) is 2.06. The summed E-state index contributed by atoms with van der Waals surface area (Å²) in [4.78, 5) is 15.3. The average Bonchev–Trinajstić information content (AvgIpc) is 2.50. The first-order chi connectivity index (χ1) is 10.2. The van der Waals surface area contributed by atoms with Gasteiger partial charge in [0.25, 0.3) is 0 Å². The van der Waals surface area contributed by atoms with Gasteiger partial charge in [-0.05, 0) is 19.8 Å². The summed E-state index contributed by atoms with van der Waals surface area (Å²) in [5, 5.41) is 3.20. The van der Waals surface area contributed by atoms with Gasteiger partial charge in [0.05, 0.1) is 19.3 Å². The lowest BCUT2D eigenvalue weighted by atomic mass is 10.3. The molecule has 1 unspecified atom stereocenters. The molecular weight excluding hydrogens is 270 g/mol. The van der Waals surface area contributed by atoms with Crippen LogP contribution < -0.4 is 15.0 Å². The van der Waals surface area contributed by atoms with E-state index in [9.17, 15) is 0 Å². The largest absolute Gasteiger partial charge is 0.463 e. The number of rotatable bonds is 7. The number of ether oxygens (including phenoxy) is 2. The van der Waals surface area contributed by atoms with Crippen molar-refractivity contribution in [3.8, 4) is 6.01 Å². The summed E-state index contributed by atoms with van der Waals surface area (Å²) >= 11 is 0. The Balaban J connectivity index is 2.16. The molecule has 1 aromatic heterocycles. The lowest BCUT2D eigenvalue weighted by molar-refractivity contribution is 0.0525. The molecule has 0 amide bonds. The van der Waals surface area contributed by atoms with Crippen LogP contribution in [0.4, 0.5) is 11.9 Å². The number of hydrogen-bond acceptors (Lipinski definition) is 7. The first kappa shape index (κ1) is 15.8. The van der Waals surface area contributed by atoms with Crippen molar-refractivity contribution in [3.63, 3.8) is 0 Å². The zero-order chi connectivity index (χ0) is 15.1. The Bertz CT molecular complexity index is 417. The van der Waals surface area contributed by atoms with E-state index in [0.29, 0.717) is 31.1 Å². The molecule has 1 aliphatic rings. The first-order valence-corrected chi connectivity index (χ1v) is 7.72. The molecule has 7 nitrogen and oxygen atoms in total. The third-order valence-corrected chi connectivity index (χ3v) is 3.10. The van der Waals surface area contributed by atoms with Crippen LogP contribution in [0.1, 0.15) is 33.6 Å². The SMILES string of the molecule is CCCNc1nc(OCCC)nc(N2CCOC(C)C2)n1. The summed E-state index contributed by atoms with van der Waals surface area (Å²) in [5.74, 6) is 1.23. The smallest absolute Gasteiger partial charge is 0.323 e. The fourth-order valence-electron chi connectivity index (χ4n) is 2.06. The third kappa shape index (κ3) is 4.70. The molecule has 1 aromatic rings. The van der Waals surface area contributed by atoms with Gasteiger partial charge >= 0.3 is 6.01 Å². The van der Waals surface area contributed by atoms with Crippen LogP contribution in [0, 0.1) is 0 Å². The van der Waals surface area contributed by atoms with E-state index >= 15 is 0 Å². The zero-order valence-electron chi connectivity index (χ0n) is 13.1. The molecule has 1 atom stereocenters. The number of hydrogen-bond donors (Lipinski definition) is 1. The van der Waals surface area contributed by atoms with Gasteiger partial charge in [-0.3, -0.25) is 0 Å². The van der Waals surface area contributed by atoms with Crippen LogP contribution >= 0.6 is 0 Å². The van der Waals surface area contributed by atoms with E-state index in [2.05, 4.69) is 45.9 Å². The minimum Gasteiger partial charge on any atom is -0.463 e. The minimum absolute atomic E-state index is 0.183. The van der Waals surface area contributed by atoms with Crippen LogP contribution in [0.2, 0.25) is 0 Å².